The first kappa shape index (κ1) is 20.8. The number of rotatable bonds is 8. The minimum atomic E-state index is -1.26. The average molecular weight is 418 g/mol. The van der Waals surface area contributed by atoms with Crippen LogP contribution in [-0.4, -0.2) is 35.4 Å². The van der Waals surface area contributed by atoms with Crippen LogP contribution in [0.2, 0.25) is 25.7 Å². The van der Waals surface area contributed by atoms with Gasteiger partial charge in [0.2, 0.25) is 0 Å². The predicted octanol–water partition coefficient (Wildman–Crippen LogP) is 5.37. The van der Waals surface area contributed by atoms with Crippen LogP contribution in [0.15, 0.2) is 42.7 Å². The van der Waals surface area contributed by atoms with Crippen LogP contribution in [0.25, 0.3) is 11.0 Å². The van der Waals surface area contributed by atoms with E-state index in [0.29, 0.717) is 24.7 Å². The molecule has 29 heavy (non-hydrogen) atoms. The van der Waals surface area contributed by atoms with E-state index in [4.69, 9.17) is 14.6 Å². The quantitative estimate of drug-likeness (QED) is 0.380. The Balaban J connectivity index is 1.74. The molecule has 0 saturated carbocycles. The van der Waals surface area contributed by atoms with Crippen LogP contribution in [0.4, 0.5) is 14.9 Å². The molecule has 3 aromatic rings. The fourth-order valence-corrected chi connectivity index (χ4v) is 3.46. The van der Waals surface area contributed by atoms with Crippen molar-refractivity contribution < 1.29 is 23.8 Å². The van der Waals surface area contributed by atoms with Crippen LogP contribution in [0.3, 0.4) is 0 Å². The number of amides is 1. The molecule has 0 atom stereocenters. The molecule has 7 nitrogen and oxygen atoms in total. The van der Waals surface area contributed by atoms with Crippen molar-refractivity contribution in [1.29, 1.82) is 0 Å². The highest BCUT2D eigenvalue weighted by atomic mass is 28.3. The van der Waals surface area contributed by atoms with E-state index in [1.807, 2.05) is 16.8 Å². The number of hydrogen-bond acceptors (Lipinski definition) is 4. The fraction of sp³-hybridized carbons (Fsp3) is 0.300. The van der Waals surface area contributed by atoms with Gasteiger partial charge in [-0.25, -0.2) is 14.2 Å². The molecule has 154 valence electrons. The molecule has 0 aliphatic carbocycles. The normalized spacial score (nSPS) is 11.6. The van der Waals surface area contributed by atoms with Crippen molar-refractivity contribution in [3.8, 4) is 11.5 Å². The van der Waals surface area contributed by atoms with Crippen LogP contribution in [0.1, 0.15) is 0 Å². The number of nitrogens with one attached hydrogen (secondary N) is 1. The third-order valence-electron chi connectivity index (χ3n) is 4.25. The molecule has 0 unspecified atom stereocenters. The Morgan fingerprint density at radius 2 is 2.03 bits per heavy atom. The Morgan fingerprint density at radius 1 is 1.24 bits per heavy atom. The van der Waals surface area contributed by atoms with Crippen molar-refractivity contribution in [1.82, 2.24) is 9.55 Å². The minimum Gasteiger partial charge on any atom is -0.465 e. The zero-order valence-electron chi connectivity index (χ0n) is 16.6. The summed E-state index contributed by atoms with van der Waals surface area (Å²) in [5.74, 6) is -0.225. The average Bonchev–Trinajstić information content (AvgIpc) is 3.04. The predicted molar refractivity (Wildman–Crippen MR) is 112 cm³/mol. The van der Waals surface area contributed by atoms with Crippen LogP contribution in [0.5, 0.6) is 11.5 Å². The second kappa shape index (κ2) is 8.62. The Labute approximate surface area is 169 Å². The molecule has 0 bridgehead atoms. The first-order chi connectivity index (χ1) is 13.7. The van der Waals surface area contributed by atoms with Gasteiger partial charge in [0.15, 0.2) is 11.6 Å². The number of carboxylic acid groups (broad SMARTS) is 1. The summed E-state index contributed by atoms with van der Waals surface area (Å²) in [5, 5.41) is 11.5. The van der Waals surface area contributed by atoms with E-state index in [9.17, 15) is 9.18 Å². The SMILES string of the molecule is C[Si](C)(C)CCOCn1ccc2c(Oc3ccc(NC(=O)O)cc3F)ccnc21. The molecule has 2 aromatic heterocycles. The van der Waals surface area contributed by atoms with Gasteiger partial charge in [-0.3, -0.25) is 5.32 Å². The maximum atomic E-state index is 14.3. The lowest BCUT2D eigenvalue weighted by atomic mass is 10.2. The van der Waals surface area contributed by atoms with E-state index in [1.54, 1.807) is 12.3 Å². The number of carbonyl (C=O) groups is 1. The molecule has 2 heterocycles. The van der Waals surface area contributed by atoms with Gasteiger partial charge in [-0.2, -0.15) is 0 Å². The maximum Gasteiger partial charge on any atom is 0.409 e. The zero-order valence-corrected chi connectivity index (χ0v) is 17.6. The summed E-state index contributed by atoms with van der Waals surface area (Å²) < 4.78 is 27.7. The molecule has 2 N–H and O–H groups in total. The fourth-order valence-electron chi connectivity index (χ4n) is 2.70. The molecule has 0 aliphatic heterocycles. The van der Waals surface area contributed by atoms with Gasteiger partial charge in [0, 0.05) is 38.8 Å². The number of halogens is 1. The molecular weight excluding hydrogens is 393 g/mol. The molecule has 0 radical (unpaired) electrons. The van der Waals surface area contributed by atoms with Crippen molar-refractivity contribution >= 4 is 30.9 Å². The highest BCUT2D eigenvalue weighted by molar-refractivity contribution is 6.76. The van der Waals surface area contributed by atoms with Gasteiger partial charge in [0.05, 0.1) is 5.39 Å². The van der Waals surface area contributed by atoms with Crippen LogP contribution < -0.4 is 10.1 Å². The highest BCUT2D eigenvalue weighted by Gasteiger charge is 2.14. The molecule has 1 aromatic carbocycles. The van der Waals surface area contributed by atoms with Crippen molar-refractivity contribution in [3.05, 3.63) is 48.5 Å². The molecule has 1 amide bonds. The first-order valence-corrected chi connectivity index (χ1v) is 12.9. The zero-order chi connectivity index (χ0) is 21.0. The lowest BCUT2D eigenvalue weighted by Gasteiger charge is -2.15. The lowest BCUT2D eigenvalue weighted by Crippen LogP contribution is -2.22. The van der Waals surface area contributed by atoms with Crippen molar-refractivity contribution in [3.63, 3.8) is 0 Å². The second-order valence-electron chi connectivity index (χ2n) is 7.86. The summed E-state index contributed by atoms with van der Waals surface area (Å²) in [6.07, 6.45) is 2.19. The number of anilines is 1. The van der Waals surface area contributed by atoms with E-state index >= 15 is 0 Å². The van der Waals surface area contributed by atoms with E-state index in [1.165, 1.54) is 12.1 Å². The number of aromatic nitrogens is 2. The largest absolute Gasteiger partial charge is 0.465 e. The van der Waals surface area contributed by atoms with Crippen molar-refractivity contribution in [2.75, 3.05) is 11.9 Å². The molecule has 0 saturated heterocycles. The number of fused-ring (bicyclic) bond motifs is 1. The van der Waals surface area contributed by atoms with Crippen LogP contribution in [0, 0.1) is 5.82 Å². The maximum absolute atomic E-state index is 14.3. The number of benzene rings is 1. The minimum absolute atomic E-state index is 0.00688. The second-order valence-corrected chi connectivity index (χ2v) is 13.5. The number of hydrogen-bond donors (Lipinski definition) is 2. The summed E-state index contributed by atoms with van der Waals surface area (Å²) in [4.78, 5) is 15.0. The van der Waals surface area contributed by atoms with Gasteiger partial charge in [0.1, 0.15) is 18.1 Å². The standard InChI is InChI=1S/C20H24FN3O4Si/c1-29(2,3)11-10-27-13-24-9-7-15-17(6-8-22-19(15)24)28-18-5-4-14(12-16(18)21)23-20(25)26/h4-9,12,23H,10-11,13H2,1-3H3,(H,25,26). The first-order valence-electron chi connectivity index (χ1n) is 9.22. The van der Waals surface area contributed by atoms with Gasteiger partial charge in [-0.05, 0) is 30.3 Å². The van der Waals surface area contributed by atoms with Gasteiger partial charge >= 0.3 is 6.09 Å². The summed E-state index contributed by atoms with van der Waals surface area (Å²) in [5.41, 5.74) is 0.809. The van der Waals surface area contributed by atoms with Gasteiger partial charge in [0.25, 0.3) is 0 Å². The summed E-state index contributed by atoms with van der Waals surface area (Å²) in [6, 6.07) is 8.46. The molecule has 0 aliphatic rings. The van der Waals surface area contributed by atoms with Crippen LogP contribution >= 0.6 is 0 Å². The Kier molecular flexibility index (Phi) is 6.19. The van der Waals surface area contributed by atoms with Crippen molar-refractivity contribution in [2.24, 2.45) is 0 Å². The Hall–Kier alpha value is -2.91. The monoisotopic (exact) mass is 417 g/mol. The van der Waals surface area contributed by atoms with Gasteiger partial charge < -0.3 is 19.1 Å². The van der Waals surface area contributed by atoms with E-state index in [0.717, 1.165) is 17.5 Å². The Bertz CT molecular complexity index is 1020. The topological polar surface area (TPSA) is 85.6 Å². The van der Waals surface area contributed by atoms with E-state index < -0.39 is 20.0 Å². The van der Waals surface area contributed by atoms with E-state index in [2.05, 4.69) is 29.9 Å². The van der Waals surface area contributed by atoms with Crippen LogP contribution in [-0.2, 0) is 11.5 Å². The lowest BCUT2D eigenvalue weighted by molar-refractivity contribution is 0.0899. The summed E-state index contributed by atoms with van der Waals surface area (Å²) in [6.45, 7) is 7.99. The summed E-state index contributed by atoms with van der Waals surface area (Å²) in [7, 11) is -1.15. The number of nitrogens with zero attached hydrogens (tertiary/aromatic N) is 2. The number of ether oxygens (including phenoxy) is 2. The molecule has 9 heteroatoms. The Morgan fingerprint density at radius 3 is 2.72 bits per heavy atom. The van der Waals surface area contributed by atoms with Gasteiger partial charge in [-0.1, -0.05) is 19.6 Å². The third-order valence-corrected chi connectivity index (χ3v) is 5.96. The van der Waals surface area contributed by atoms with Gasteiger partial charge in [-0.15, -0.1) is 0 Å². The molecule has 3 rings (SSSR count). The molecule has 0 spiro atoms. The summed E-state index contributed by atoms with van der Waals surface area (Å²) >= 11 is 0. The highest BCUT2D eigenvalue weighted by Crippen LogP contribution is 2.32. The number of pyridine rings is 1. The molecular formula is C20H24FN3O4Si. The molecule has 0 fully saturated rings. The third kappa shape index (κ3) is 5.55. The smallest absolute Gasteiger partial charge is 0.409 e. The van der Waals surface area contributed by atoms with Crippen molar-refractivity contribution in [2.45, 2.75) is 32.4 Å². The van der Waals surface area contributed by atoms with E-state index in [-0.39, 0.29) is 11.4 Å².